The molecule has 1 N–H and O–H groups in total. The molecule has 0 saturated carbocycles. The van der Waals surface area contributed by atoms with E-state index in [-0.39, 0.29) is 18.0 Å². The van der Waals surface area contributed by atoms with Crippen LogP contribution in [0.15, 0.2) is 34.8 Å². The number of piperidine rings is 1. The topological polar surface area (TPSA) is 58.6 Å². The fourth-order valence-electron chi connectivity index (χ4n) is 2.45. The molecule has 5 nitrogen and oxygen atoms in total. The van der Waals surface area contributed by atoms with Crippen molar-refractivity contribution in [2.45, 2.75) is 25.8 Å². The summed E-state index contributed by atoms with van der Waals surface area (Å²) < 4.78 is 5.96. The molecule has 1 aromatic carbocycles. The predicted octanol–water partition coefficient (Wildman–Crippen LogP) is 3.20. The summed E-state index contributed by atoms with van der Waals surface area (Å²) in [5.74, 6) is -0.112. The second-order valence-corrected chi connectivity index (χ2v) is 6.27. The first-order chi connectivity index (χ1) is 11.1. The van der Waals surface area contributed by atoms with E-state index in [0.29, 0.717) is 19.7 Å². The van der Waals surface area contributed by atoms with Gasteiger partial charge in [0.2, 0.25) is 5.91 Å². The van der Waals surface area contributed by atoms with Crippen molar-refractivity contribution in [3.63, 3.8) is 0 Å². The molecule has 2 rings (SSSR count). The van der Waals surface area contributed by atoms with Crippen molar-refractivity contribution in [1.29, 1.82) is 0 Å². The average molecular weight is 381 g/mol. The minimum atomic E-state index is -0.271. The van der Waals surface area contributed by atoms with E-state index in [9.17, 15) is 9.59 Å². The van der Waals surface area contributed by atoms with E-state index in [2.05, 4.69) is 21.2 Å². The number of ether oxygens (including phenoxy) is 1. The maximum absolute atomic E-state index is 12.0. The van der Waals surface area contributed by atoms with Crippen LogP contribution < -0.4 is 5.32 Å². The summed E-state index contributed by atoms with van der Waals surface area (Å²) in [5.41, 5.74) is 0.964. The SMILES string of the molecule is CCOC(=O)N1CCC(NC(=O)/C=C/c2cccc(Br)c2)CC1. The largest absolute Gasteiger partial charge is 0.450 e. The Morgan fingerprint density at radius 1 is 1.39 bits per heavy atom. The van der Waals surface area contributed by atoms with Crippen LogP contribution in [-0.2, 0) is 9.53 Å². The Kier molecular flexibility index (Phi) is 6.65. The number of hydrogen-bond acceptors (Lipinski definition) is 3. The van der Waals surface area contributed by atoms with Crippen LogP contribution in [0.1, 0.15) is 25.3 Å². The first kappa shape index (κ1) is 17.5. The van der Waals surface area contributed by atoms with E-state index in [1.807, 2.05) is 24.3 Å². The zero-order chi connectivity index (χ0) is 16.7. The zero-order valence-corrected chi connectivity index (χ0v) is 14.7. The molecule has 1 fully saturated rings. The molecular formula is C17H21BrN2O3. The molecule has 1 aromatic rings. The molecule has 2 amide bonds. The molecule has 0 aliphatic carbocycles. The number of hydrogen-bond donors (Lipinski definition) is 1. The van der Waals surface area contributed by atoms with Crippen LogP contribution in [0.3, 0.4) is 0 Å². The monoisotopic (exact) mass is 380 g/mol. The van der Waals surface area contributed by atoms with Crippen LogP contribution >= 0.6 is 15.9 Å². The number of nitrogens with one attached hydrogen (secondary N) is 1. The highest BCUT2D eigenvalue weighted by molar-refractivity contribution is 9.10. The average Bonchev–Trinajstić information content (AvgIpc) is 2.54. The Bertz CT molecular complexity index is 581. The Balaban J connectivity index is 1.77. The molecule has 0 bridgehead atoms. The number of halogens is 1. The lowest BCUT2D eigenvalue weighted by Crippen LogP contribution is -2.46. The molecule has 124 valence electrons. The predicted molar refractivity (Wildman–Crippen MR) is 92.9 cm³/mol. The maximum Gasteiger partial charge on any atom is 0.409 e. The second-order valence-electron chi connectivity index (χ2n) is 5.36. The lowest BCUT2D eigenvalue weighted by atomic mass is 10.1. The van der Waals surface area contributed by atoms with Gasteiger partial charge in [-0.1, -0.05) is 28.1 Å². The van der Waals surface area contributed by atoms with Crippen LogP contribution in [0.2, 0.25) is 0 Å². The van der Waals surface area contributed by atoms with Crippen molar-refractivity contribution < 1.29 is 14.3 Å². The summed E-state index contributed by atoms with van der Waals surface area (Å²) in [6.45, 7) is 3.40. The minimum absolute atomic E-state index is 0.0975. The van der Waals surface area contributed by atoms with Crippen LogP contribution in [0.25, 0.3) is 6.08 Å². The number of carbonyl (C=O) groups is 2. The van der Waals surface area contributed by atoms with E-state index < -0.39 is 0 Å². The quantitative estimate of drug-likeness (QED) is 0.815. The van der Waals surface area contributed by atoms with Gasteiger partial charge >= 0.3 is 6.09 Å². The Labute approximate surface area is 144 Å². The van der Waals surface area contributed by atoms with E-state index in [1.165, 1.54) is 0 Å². The van der Waals surface area contributed by atoms with Gasteiger partial charge in [-0.05, 0) is 43.5 Å². The van der Waals surface area contributed by atoms with Gasteiger partial charge in [0.1, 0.15) is 0 Å². The smallest absolute Gasteiger partial charge is 0.409 e. The number of carbonyl (C=O) groups excluding carboxylic acids is 2. The number of amides is 2. The van der Waals surface area contributed by atoms with E-state index in [4.69, 9.17) is 4.74 Å². The van der Waals surface area contributed by atoms with Crippen molar-refractivity contribution in [1.82, 2.24) is 10.2 Å². The highest BCUT2D eigenvalue weighted by atomic mass is 79.9. The molecule has 0 unspecified atom stereocenters. The Morgan fingerprint density at radius 2 is 2.13 bits per heavy atom. The fraction of sp³-hybridized carbons (Fsp3) is 0.412. The number of likely N-dealkylation sites (tertiary alicyclic amines) is 1. The van der Waals surface area contributed by atoms with Crippen molar-refractivity contribution in [3.8, 4) is 0 Å². The third-order valence-electron chi connectivity index (χ3n) is 3.64. The number of rotatable bonds is 4. The Morgan fingerprint density at radius 3 is 2.78 bits per heavy atom. The summed E-state index contributed by atoms with van der Waals surface area (Å²) in [6, 6.07) is 7.84. The molecular weight excluding hydrogens is 360 g/mol. The van der Waals surface area contributed by atoms with E-state index in [0.717, 1.165) is 22.9 Å². The lowest BCUT2D eigenvalue weighted by molar-refractivity contribution is -0.117. The molecule has 0 atom stereocenters. The first-order valence-electron chi connectivity index (χ1n) is 7.74. The highest BCUT2D eigenvalue weighted by Crippen LogP contribution is 2.13. The third kappa shape index (κ3) is 5.71. The zero-order valence-electron chi connectivity index (χ0n) is 13.1. The van der Waals surface area contributed by atoms with Crippen molar-refractivity contribution in [2.75, 3.05) is 19.7 Å². The number of nitrogens with zero attached hydrogens (tertiary/aromatic N) is 1. The molecule has 0 aromatic heterocycles. The van der Waals surface area contributed by atoms with Gasteiger partial charge in [-0.15, -0.1) is 0 Å². The van der Waals surface area contributed by atoms with Gasteiger partial charge in [0.15, 0.2) is 0 Å². The van der Waals surface area contributed by atoms with E-state index in [1.54, 1.807) is 24.0 Å². The van der Waals surface area contributed by atoms with Gasteiger partial charge in [-0.25, -0.2) is 4.79 Å². The lowest BCUT2D eigenvalue weighted by Gasteiger charge is -2.31. The van der Waals surface area contributed by atoms with E-state index >= 15 is 0 Å². The maximum atomic E-state index is 12.0. The van der Waals surface area contributed by atoms with Gasteiger partial charge in [0.25, 0.3) is 0 Å². The molecule has 6 heteroatoms. The van der Waals surface area contributed by atoms with Crippen LogP contribution in [0.5, 0.6) is 0 Å². The molecule has 0 radical (unpaired) electrons. The molecule has 0 spiro atoms. The first-order valence-corrected chi connectivity index (χ1v) is 8.53. The molecule has 1 saturated heterocycles. The van der Waals surface area contributed by atoms with Crippen LogP contribution in [0, 0.1) is 0 Å². The van der Waals surface area contributed by atoms with Crippen molar-refractivity contribution in [3.05, 3.63) is 40.4 Å². The molecule has 1 aliphatic rings. The minimum Gasteiger partial charge on any atom is -0.450 e. The fourth-order valence-corrected chi connectivity index (χ4v) is 2.87. The summed E-state index contributed by atoms with van der Waals surface area (Å²) in [5, 5.41) is 2.98. The third-order valence-corrected chi connectivity index (χ3v) is 4.14. The Hall–Kier alpha value is -1.82. The van der Waals surface area contributed by atoms with Crippen molar-refractivity contribution in [2.24, 2.45) is 0 Å². The van der Waals surface area contributed by atoms with Gasteiger partial charge in [0.05, 0.1) is 6.61 Å². The molecule has 23 heavy (non-hydrogen) atoms. The van der Waals surface area contributed by atoms with Gasteiger partial charge in [-0.3, -0.25) is 4.79 Å². The summed E-state index contributed by atoms with van der Waals surface area (Å²) in [6.07, 6.45) is 4.55. The van der Waals surface area contributed by atoms with Crippen LogP contribution in [0.4, 0.5) is 4.79 Å². The van der Waals surface area contributed by atoms with Crippen molar-refractivity contribution >= 4 is 34.0 Å². The van der Waals surface area contributed by atoms with Gasteiger partial charge in [0, 0.05) is 29.7 Å². The standard InChI is InChI=1S/C17H21BrN2O3/c1-2-23-17(22)20-10-8-15(9-11-20)19-16(21)7-6-13-4-3-5-14(18)12-13/h3-7,12,15H,2,8-11H2,1H3,(H,19,21)/b7-6+. The second kappa shape index (κ2) is 8.72. The van der Waals surface area contributed by atoms with Gasteiger partial charge in [-0.2, -0.15) is 0 Å². The molecule has 1 aliphatic heterocycles. The highest BCUT2D eigenvalue weighted by Gasteiger charge is 2.23. The number of benzene rings is 1. The van der Waals surface area contributed by atoms with Gasteiger partial charge < -0.3 is 15.0 Å². The normalized spacial score (nSPS) is 15.7. The summed E-state index contributed by atoms with van der Waals surface area (Å²) in [7, 11) is 0. The van der Waals surface area contributed by atoms with Crippen LogP contribution in [-0.4, -0.2) is 42.6 Å². The molecule has 1 heterocycles. The summed E-state index contributed by atoms with van der Waals surface area (Å²) in [4.78, 5) is 25.3. The summed E-state index contributed by atoms with van der Waals surface area (Å²) >= 11 is 3.40.